The molecule has 33 heavy (non-hydrogen) atoms. The Hall–Kier alpha value is -4.09. The lowest BCUT2D eigenvalue weighted by Crippen LogP contribution is -2.40. The van der Waals surface area contributed by atoms with Crippen LogP contribution in [0.3, 0.4) is 0 Å². The third-order valence-electron chi connectivity index (χ3n) is 6.59. The van der Waals surface area contributed by atoms with E-state index in [1.807, 2.05) is 66.7 Å². The number of hydrogen-bond acceptors (Lipinski definition) is 4. The van der Waals surface area contributed by atoms with E-state index < -0.39 is 5.60 Å². The number of benzene rings is 4. The minimum Gasteiger partial charge on any atom is -0.379 e. The third-order valence-corrected chi connectivity index (χ3v) is 6.59. The normalized spacial score (nSPS) is 19.1. The van der Waals surface area contributed by atoms with Gasteiger partial charge in [0.15, 0.2) is 0 Å². The third kappa shape index (κ3) is 2.86. The summed E-state index contributed by atoms with van der Waals surface area (Å²) in [6.45, 7) is 0.0843. The van der Waals surface area contributed by atoms with E-state index in [2.05, 4.69) is 0 Å². The van der Waals surface area contributed by atoms with Gasteiger partial charge < -0.3 is 5.11 Å². The van der Waals surface area contributed by atoms with E-state index in [0.29, 0.717) is 28.1 Å². The molecule has 0 saturated carbocycles. The van der Waals surface area contributed by atoms with Crippen molar-refractivity contribution in [3.05, 3.63) is 113 Å². The van der Waals surface area contributed by atoms with Crippen molar-refractivity contribution >= 4 is 34.0 Å². The molecule has 1 unspecified atom stereocenters. The van der Waals surface area contributed by atoms with Crippen molar-refractivity contribution < 1.29 is 14.7 Å². The molecule has 0 saturated heterocycles. The molecule has 2 aliphatic heterocycles. The highest BCUT2D eigenvalue weighted by molar-refractivity contribution is 6.21. The lowest BCUT2D eigenvalue weighted by molar-refractivity contribution is 0.0571. The number of aliphatic hydroxyl groups is 1. The van der Waals surface area contributed by atoms with E-state index in [9.17, 15) is 14.7 Å². The van der Waals surface area contributed by atoms with Crippen LogP contribution < -0.4 is 0 Å². The molecule has 0 radical (unpaired) electrons. The van der Waals surface area contributed by atoms with Gasteiger partial charge in [-0.05, 0) is 29.0 Å². The number of imide groups is 1. The average Bonchev–Trinajstić information content (AvgIpc) is 3.28. The highest BCUT2D eigenvalue weighted by Crippen LogP contribution is 2.44. The largest absolute Gasteiger partial charge is 0.379 e. The molecule has 0 aromatic heterocycles. The molecule has 6 rings (SSSR count). The predicted molar refractivity (Wildman–Crippen MR) is 127 cm³/mol. The topological polar surface area (TPSA) is 70.0 Å². The Balaban J connectivity index is 1.41. The Bertz CT molecular complexity index is 1450. The second-order valence-electron chi connectivity index (χ2n) is 8.42. The van der Waals surface area contributed by atoms with Crippen molar-refractivity contribution in [3.8, 4) is 0 Å². The molecular formula is C28H20N2O3. The molecule has 5 heteroatoms. The van der Waals surface area contributed by atoms with E-state index in [1.165, 1.54) is 4.90 Å². The quantitative estimate of drug-likeness (QED) is 0.469. The van der Waals surface area contributed by atoms with Crippen molar-refractivity contribution in [2.24, 2.45) is 4.99 Å². The van der Waals surface area contributed by atoms with E-state index in [-0.39, 0.29) is 24.8 Å². The minimum atomic E-state index is -1.43. The van der Waals surface area contributed by atoms with Gasteiger partial charge in [-0.3, -0.25) is 14.5 Å². The smallest absolute Gasteiger partial charge is 0.261 e. The Morgan fingerprint density at radius 3 is 2.12 bits per heavy atom. The number of hydrogen-bond donors (Lipinski definition) is 1. The number of carbonyl (C=O) groups is 2. The molecule has 0 fully saturated rings. The molecule has 160 valence electrons. The van der Waals surface area contributed by atoms with Crippen LogP contribution >= 0.6 is 0 Å². The SMILES string of the molecule is O=C1c2ccccc2C(=O)N1CCC1(O)C(c2cccc3ccccc23)=Nc2ccccc21. The number of para-hydroxylation sites is 1. The minimum absolute atomic E-state index is 0.0843. The van der Waals surface area contributed by atoms with E-state index >= 15 is 0 Å². The number of fused-ring (bicyclic) bond motifs is 3. The van der Waals surface area contributed by atoms with Gasteiger partial charge in [0.05, 0.1) is 22.5 Å². The molecule has 5 nitrogen and oxygen atoms in total. The Morgan fingerprint density at radius 1 is 0.727 bits per heavy atom. The lowest BCUT2D eigenvalue weighted by atomic mass is 9.82. The molecular weight excluding hydrogens is 412 g/mol. The summed E-state index contributed by atoms with van der Waals surface area (Å²) < 4.78 is 0. The predicted octanol–water partition coefficient (Wildman–Crippen LogP) is 4.85. The van der Waals surface area contributed by atoms with E-state index in [0.717, 1.165) is 16.3 Å². The molecule has 1 N–H and O–H groups in total. The summed E-state index contributed by atoms with van der Waals surface area (Å²) in [7, 11) is 0. The van der Waals surface area contributed by atoms with Crippen molar-refractivity contribution in [2.45, 2.75) is 12.0 Å². The van der Waals surface area contributed by atoms with Crippen molar-refractivity contribution in [1.82, 2.24) is 4.90 Å². The molecule has 2 aliphatic rings. The summed E-state index contributed by atoms with van der Waals surface area (Å²) in [5, 5.41) is 14.1. The van der Waals surface area contributed by atoms with Gasteiger partial charge in [0.1, 0.15) is 5.60 Å². The summed E-state index contributed by atoms with van der Waals surface area (Å²) in [5.41, 5.74) is 2.14. The first-order chi connectivity index (χ1) is 16.1. The van der Waals surface area contributed by atoms with Crippen LogP contribution in [0.15, 0.2) is 96.0 Å². The van der Waals surface area contributed by atoms with Crippen molar-refractivity contribution in [3.63, 3.8) is 0 Å². The van der Waals surface area contributed by atoms with Gasteiger partial charge in [-0.1, -0.05) is 72.8 Å². The van der Waals surface area contributed by atoms with Gasteiger partial charge in [-0.25, -0.2) is 4.99 Å². The summed E-state index contributed by atoms with van der Waals surface area (Å²) in [5.74, 6) is -0.650. The summed E-state index contributed by atoms with van der Waals surface area (Å²) in [6.07, 6.45) is 0.150. The second kappa shape index (κ2) is 7.22. The summed E-state index contributed by atoms with van der Waals surface area (Å²) >= 11 is 0. The van der Waals surface area contributed by atoms with Gasteiger partial charge in [-0.15, -0.1) is 0 Å². The summed E-state index contributed by atoms with van der Waals surface area (Å²) in [4.78, 5) is 31.8. The zero-order valence-corrected chi connectivity index (χ0v) is 17.7. The fourth-order valence-electron chi connectivity index (χ4n) is 4.95. The second-order valence-corrected chi connectivity index (χ2v) is 8.42. The number of nitrogens with zero attached hydrogens (tertiary/aromatic N) is 2. The Kier molecular flexibility index (Phi) is 4.28. The molecule has 2 heterocycles. The first kappa shape index (κ1) is 19.6. The van der Waals surface area contributed by atoms with Gasteiger partial charge in [0.25, 0.3) is 11.8 Å². The molecule has 2 amide bonds. The Labute approximate surface area is 190 Å². The highest BCUT2D eigenvalue weighted by Gasteiger charge is 2.44. The Morgan fingerprint density at radius 2 is 1.33 bits per heavy atom. The number of rotatable bonds is 4. The maximum Gasteiger partial charge on any atom is 0.261 e. The maximum absolute atomic E-state index is 12.9. The monoisotopic (exact) mass is 432 g/mol. The van der Waals surface area contributed by atoms with Crippen LogP contribution in [0.2, 0.25) is 0 Å². The number of amides is 2. The van der Waals surface area contributed by atoms with Gasteiger partial charge in [0, 0.05) is 24.1 Å². The van der Waals surface area contributed by atoms with Crippen LogP contribution in [0, 0.1) is 0 Å². The van der Waals surface area contributed by atoms with Crippen LogP contribution in [0.4, 0.5) is 5.69 Å². The molecule has 4 aromatic rings. The first-order valence-corrected chi connectivity index (χ1v) is 10.9. The molecule has 1 atom stereocenters. The van der Waals surface area contributed by atoms with Crippen molar-refractivity contribution in [1.29, 1.82) is 0 Å². The summed E-state index contributed by atoms with van der Waals surface area (Å²) in [6, 6.07) is 28.2. The standard InChI is InChI=1S/C28H20N2O3/c31-26-21-11-3-4-12-22(21)27(32)30(26)17-16-28(33)23-14-5-6-15-24(23)29-25(28)20-13-7-9-18-8-1-2-10-19(18)20/h1-15,33H,16-17H2. The fraction of sp³-hybridized carbons (Fsp3) is 0.107. The van der Waals surface area contributed by atoms with Crippen LogP contribution in [-0.2, 0) is 5.60 Å². The van der Waals surface area contributed by atoms with Crippen molar-refractivity contribution in [2.75, 3.05) is 6.54 Å². The van der Waals surface area contributed by atoms with Gasteiger partial charge in [0.2, 0.25) is 0 Å². The van der Waals surface area contributed by atoms with Gasteiger partial charge in [-0.2, -0.15) is 0 Å². The molecule has 0 aliphatic carbocycles. The van der Waals surface area contributed by atoms with Crippen LogP contribution in [0.25, 0.3) is 10.8 Å². The molecule has 0 bridgehead atoms. The van der Waals surface area contributed by atoms with Crippen LogP contribution in [0.1, 0.15) is 38.3 Å². The fourth-order valence-corrected chi connectivity index (χ4v) is 4.95. The zero-order chi connectivity index (χ0) is 22.6. The number of carbonyl (C=O) groups excluding carboxylic acids is 2. The molecule has 0 spiro atoms. The highest BCUT2D eigenvalue weighted by atomic mass is 16.3. The van der Waals surface area contributed by atoms with Crippen LogP contribution in [0.5, 0.6) is 0 Å². The average molecular weight is 432 g/mol. The van der Waals surface area contributed by atoms with Gasteiger partial charge >= 0.3 is 0 Å². The molecule has 4 aromatic carbocycles. The maximum atomic E-state index is 12.9. The lowest BCUT2D eigenvalue weighted by Gasteiger charge is -2.29. The van der Waals surface area contributed by atoms with E-state index in [1.54, 1.807) is 24.3 Å². The van der Waals surface area contributed by atoms with Crippen LogP contribution in [-0.4, -0.2) is 34.1 Å². The zero-order valence-electron chi connectivity index (χ0n) is 17.7. The first-order valence-electron chi connectivity index (χ1n) is 10.9. The van der Waals surface area contributed by atoms with E-state index in [4.69, 9.17) is 4.99 Å². The number of aliphatic imine (C=N–C) groups is 1.